The van der Waals surface area contributed by atoms with E-state index in [1.807, 2.05) is 4.90 Å². The summed E-state index contributed by atoms with van der Waals surface area (Å²) in [6.45, 7) is 2.00. The van der Waals surface area contributed by atoms with Gasteiger partial charge in [-0.1, -0.05) is 12.1 Å². The third kappa shape index (κ3) is 4.41. The summed E-state index contributed by atoms with van der Waals surface area (Å²) in [7, 11) is 0. The zero-order chi connectivity index (χ0) is 27.3. The smallest absolute Gasteiger partial charge is 0.334 e. The number of nitrogen functional groups attached to an aromatic ring is 1. The third-order valence-electron chi connectivity index (χ3n) is 7.10. The summed E-state index contributed by atoms with van der Waals surface area (Å²) in [5.41, 5.74) is 4.52. The zero-order valence-electron chi connectivity index (χ0n) is 20.4. The molecule has 0 aliphatic carbocycles. The molecule has 4 heterocycles. The third-order valence-corrected chi connectivity index (χ3v) is 7.10. The van der Waals surface area contributed by atoms with E-state index >= 15 is 0 Å². The van der Waals surface area contributed by atoms with Crippen molar-refractivity contribution in [2.24, 2.45) is 0 Å². The number of nitrogens with one attached hydrogen (secondary N) is 2. The van der Waals surface area contributed by atoms with E-state index in [2.05, 4.69) is 15.3 Å². The largest absolute Gasteiger partial charge is 0.394 e. The van der Waals surface area contributed by atoms with Crippen LogP contribution in [-0.2, 0) is 4.74 Å². The van der Waals surface area contributed by atoms with Gasteiger partial charge in [0.15, 0.2) is 17.4 Å². The Balaban J connectivity index is 1.63. The maximum Gasteiger partial charge on any atom is 0.334 e. The molecule has 8 N–H and O–H groups in total. The first-order chi connectivity index (χ1) is 18.1. The molecule has 15 heteroatoms. The summed E-state index contributed by atoms with van der Waals surface area (Å²) in [5.74, 6) is -0.675. The highest BCUT2D eigenvalue weighted by molar-refractivity contribution is 5.72. The molecule has 0 saturated carbocycles. The number of aliphatic hydroxyl groups excluding tert-OH is 4. The molecule has 1 aromatic carbocycles. The van der Waals surface area contributed by atoms with E-state index in [0.717, 1.165) is 14.7 Å². The van der Waals surface area contributed by atoms with Crippen LogP contribution in [0.3, 0.4) is 0 Å². The van der Waals surface area contributed by atoms with Crippen LogP contribution in [0.25, 0.3) is 11.2 Å². The van der Waals surface area contributed by atoms with Crippen LogP contribution < -0.4 is 22.3 Å². The van der Waals surface area contributed by atoms with Gasteiger partial charge in [-0.05, 0) is 24.6 Å². The van der Waals surface area contributed by atoms with Crippen LogP contribution in [0, 0.1) is 5.82 Å². The van der Waals surface area contributed by atoms with Gasteiger partial charge < -0.3 is 36.2 Å². The first-order valence-electron chi connectivity index (χ1n) is 12.2. The molecule has 2 aliphatic heterocycles. The van der Waals surface area contributed by atoms with Gasteiger partial charge >= 0.3 is 5.69 Å². The second kappa shape index (κ2) is 10.2. The number of piperazine rings is 1. The Morgan fingerprint density at radius 3 is 2.58 bits per heavy atom. The van der Waals surface area contributed by atoms with Crippen molar-refractivity contribution in [1.82, 2.24) is 29.3 Å². The molecule has 7 atom stereocenters. The maximum atomic E-state index is 13.9. The molecule has 38 heavy (non-hydrogen) atoms. The number of aromatic amines is 1. The van der Waals surface area contributed by atoms with Crippen LogP contribution in [0.5, 0.6) is 0 Å². The lowest BCUT2D eigenvalue weighted by atomic mass is 10.0. The average molecular weight is 536 g/mol. The van der Waals surface area contributed by atoms with E-state index in [0.29, 0.717) is 19.6 Å². The number of nitrogens with two attached hydrogens (primary N) is 1. The summed E-state index contributed by atoms with van der Waals surface area (Å²) >= 11 is 0. The Bertz CT molecular complexity index is 1420. The number of hydrogen-bond acceptors (Lipinski definition) is 11. The number of aromatic nitrogens is 4. The molecule has 206 valence electrons. The highest BCUT2D eigenvalue weighted by Gasteiger charge is 2.46. The number of aliphatic hydroxyl groups is 4. The highest BCUT2D eigenvalue weighted by Crippen LogP contribution is 2.32. The highest BCUT2D eigenvalue weighted by atomic mass is 19.1. The Morgan fingerprint density at radius 2 is 1.95 bits per heavy atom. The molecule has 2 aromatic heterocycles. The Kier molecular flexibility index (Phi) is 7.08. The van der Waals surface area contributed by atoms with Crippen LogP contribution >= 0.6 is 0 Å². The summed E-state index contributed by atoms with van der Waals surface area (Å²) in [6, 6.07) is 5.71. The van der Waals surface area contributed by atoms with Gasteiger partial charge in [-0.15, -0.1) is 0 Å². The van der Waals surface area contributed by atoms with Crippen LogP contribution in [0.4, 0.5) is 10.3 Å². The van der Waals surface area contributed by atoms with Gasteiger partial charge in [-0.3, -0.25) is 19.2 Å². The molecule has 2 aliphatic rings. The van der Waals surface area contributed by atoms with Crippen LogP contribution in [0.15, 0.2) is 33.9 Å². The quantitative estimate of drug-likeness (QED) is 0.179. The summed E-state index contributed by atoms with van der Waals surface area (Å²) in [4.78, 5) is 35.3. The van der Waals surface area contributed by atoms with Crippen molar-refractivity contribution in [2.75, 3.05) is 32.0 Å². The monoisotopic (exact) mass is 535 g/mol. The predicted molar refractivity (Wildman–Crippen MR) is 131 cm³/mol. The van der Waals surface area contributed by atoms with Gasteiger partial charge in [0.25, 0.3) is 5.56 Å². The van der Waals surface area contributed by atoms with Gasteiger partial charge in [0.1, 0.15) is 30.3 Å². The van der Waals surface area contributed by atoms with Crippen LogP contribution in [-0.4, -0.2) is 95.1 Å². The van der Waals surface area contributed by atoms with Gasteiger partial charge in [0, 0.05) is 25.7 Å². The van der Waals surface area contributed by atoms with Crippen molar-refractivity contribution in [2.45, 2.75) is 49.8 Å². The van der Waals surface area contributed by atoms with E-state index < -0.39 is 54.7 Å². The molecule has 2 fully saturated rings. The fraction of sp³-hybridized carbons (Fsp3) is 0.522. The Labute approximate surface area is 214 Å². The molecule has 0 amide bonds. The van der Waals surface area contributed by atoms with Gasteiger partial charge in [-0.2, -0.15) is 4.98 Å². The van der Waals surface area contributed by atoms with Crippen molar-refractivity contribution in [3.05, 3.63) is 56.5 Å². The lowest BCUT2D eigenvalue weighted by Gasteiger charge is -2.40. The maximum absolute atomic E-state index is 13.9. The lowest BCUT2D eigenvalue weighted by Crippen LogP contribution is -2.53. The number of H-pyrrole nitrogens is 1. The summed E-state index contributed by atoms with van der Waals surface area (Å²) < 4.78 is 21.0. The number of imidazole rings is 1. The summed E-state index contributed by atoms with van der Waals surface area (Å²) in [6.07, 6.45) is -8.03. The van der Waals surface area contributed by atoms with Crippen molar-refractivity contribution in [1.29, 1.82) is 0 Å². The molecule has 3 aromatic rings. The second-order valence-electron chi connectivity index (χ2n) is 9.58. The van der Waals surface area contributed by atoms with Gasteiger partial charge in [0.2, 0.25) is 5.95 Å². The van der Waals surface area contributed by atoms with Crippen LogP contribution in [0.2, 0.25) is 0 Å². The van der Waals surface area contributed by atoms with Crippen molar-refractivity contribution in [3.8, 4) is 0 Å². The number of nitrogens with zero attached hydrogens (tertiary/aromatic N) is 4. The van der Waals surface area contributed by atoms with E-state index in [4.69, 9.17) is 10.5 Å². The van der Waals surface area contributed by atoms with E-state index in [1.165, 1.54) is 19.1 Å². The molecule has 14 nitrogen and oxygen atoms in total. The van der Waals surface area contributed by atoms with Gasteiger partial charge in [0.05, 0.1) is 12.7 Å². The fourth-order valence-electron chi connectivity index (χ4n) is 5.34. The number of rotatable bonds is 6. The number of ether oxygens (including phenoxy) is 1. The molecular formula is C23H30FN7O7. The average Bonchev–Trinajstić information content (AvgIpc) is 3.32. The predicted octanol–water partition coefficient (Wildman–Crippen LogP) is -2.25. The number of benzene rings is 1. The van der Waals surface area contributed by atoms with Crippen LogP contribution in [0.1, 0.15) is 30.9 Å². The standard InChI is InChI=1S/C23H30FN7O7/c1-10(33)20(29-7-6-26-13(8-29)11-2-4-12(24)5-3-11)30-15-18(27-22(25)28-19(15)36)31(23(30)37)21-17(35)16(34)14(9-32)38-21/h2-5,10,13-14,16-17,20-21,26,32-35H,6-9H2,1H3,(H3,25,27,28,36)/t10?,13?,14-,16-,17-,20?,21-/m1/s1. The summed E-state index contributed by atoms with van der Waals surface area (Å²) in [5, 5.41) is 44.6. The van der Waals surface area contributed by atoms with E-state index in [1.54, 1.807) is 12.1 Å². The fourth-order valence-corrected chi connectivity index (χ4v) is 5.34. The number of halogens is 1. The minimum Gasteiger partial charge on any atom is -0.394 e. The molecule has 0 spiro atoms. The van der Waals surface area contributed by atoms with E-state index in [9.17, 15) is 34.4 Å². The molecule has 5 rings (SSSR count). The topological polar surface area (TPSA) is 204 Å². The molecule has 3 unspecified atom stereocenters. The minimum atomic E-state index is -1.63. The Hall–Kier alpha value is -3.18. The molecule has 0 radical (unpaired) electrons. The molecule has 0 bridgehead atoms. The van der Waals surface area contributed by atoms with Crippen molar-refractivity contribution in [3.63, 3.8) is 0 Å². The SMILES string of the molecule is CC(O)C(N1CCNC(c2ccc(F)cc2)C1)n1c(=O)n([C@@H]2O[C@H](CO)[C@@H](O)[C@H]2O)c2nc(N)[nH]c(=O)c21. The molecular weight excluding hydrogens is 505 g/mol. The van der Waals surface area contributed by atoms with Crippen molar-refractivity contribution >= 4 is 17.1 Å². The zero-order valence-corrected chi connectivity index (χ0v) is 20.4. The molecule has 2 saturated heterocycles. The van der Waals surface area contributed by atoms with Gasteiger partial charge in [-0.25, -0.2) is 13.8 Å². The van der Waals surface area contributed by atoms with Crippen molar-refractivity contribution < 1.29 is 29.6 Å². The number of hydrogen-bond donors (Lipinski definition) is 7. The first kappa shape index (κ1) is 26.4. The first-order valence-corrected chi connectivity index (χ1v) is 12.2. The lowest BCUT2D eigenvalue weighted by molar-refractivity contribution is -0.0541. The number of anilines is 1. The second-order valence-corrected chi connectivity index (χ2v) is 9.58. The Morgan fingerprint density at radius 1 is 1.24 bits per heavy atom. The van der Waals surface area contributed by atoms with E-state index in [-0.39, 0.29) is 29.0 Å². The minimum absolute atomic E-state index is 0.218. The number of fused-ring (bicyclic) bond motifs is 1. The normalized spacial score (nSPS) is 28.1.